The lowest BCUT2D eigenvalue weighted by Gasteiger charge is -2.52. The van der Waals surface area contributed by atoms with Crippen LogP contribution in [0.15, 0.2) is 11.6 Å². The van der Waals surface area contributed by atoms with Gasteiger partial charge in [0.25, 0.3) is 0 Å². The van der Waals surface area contributed by atoms with Crippen molar-refractivity contribution in [2.45, 2.75) is 58.0 Å². The van der Waals surface area contributed by atoms with Crippen LogP contribution in [-0.4, -0.2) is 17.7 Å². The molecule has 3 saturated carbocycles. The van der Waals surface area contributed by atoms with Gasteiger partial charge in [0.15, 0.2) is 12.0 Å². The first-order valence-electron chi connectivity index (χ1n) is 8.42. The zero-order chi connectivity index (χ0) is 14.8. The Labute approximate surface area is 125 Å². The summed E-state index contributed by atoms with van der Waals surface area (Å²) in [7, 11) is 0. The Kier molecular flexibility index (Phi) is 2.93. The molecular weight excluding hydrogens is 267 g/mol. The van der Waals surface area contributed by atoms with Crippen molar-refractivity contribution >= 4 is 11.6 Å². The number of rotatable bonds is 0. The van der Waals surface area contributed by atoms with Gasteiger partial charge < -0.3 is 0 Å². The molecule has 0 saturated heterocycles. The highest BCUT2D eigenvalue weighted by Gasteiger charge is 2.56. The molecule has 4 aliphatic rings. The van der Waals surface area contributed by atoms with Gasteiger partial charge in [0, 0.05) is 11.8 Å². The van der Waals surface area contributed by atoms with E-state index in [1.54, 1.807) is 6.08 Å². The van der Waals surface area contributed by atoms with Crippen LogP contribution < -0.4 is 0 Å². The fourth-order valence-corrected chi connectivity index (χ4v) is 5.91. The van der Waals surface area contributed by atoms with Gasteiger partial charge in [-0.3, -0.25) is 9.59 Å². The van der Waals surface area contributed by atoms with Crippen LogP contribution in [0.5, 0.6) is 0 Å². The van der Waals surface area contributed by atoms with Gasteiger partial charge in [-0.2, -0.15) is 0 Å². The zero-order valence-electron chi connectivity index (χ0n) is 12.6. The molecule has 0 aliphatic heterocycles. The third kappa shape index (κ3) is 1.82. The van der Waals surface area contributed by atoms with Gasteiger partial charge in [-0.15, -0.1) is 0 Å². The van der Waals surface area contributed by atoms with Crippen molar-refractivity contribution in [3.05, 3.63) is 11.6 Å². The molecule has 0 N–H and O–H groups in total. The molecule has 0 spiro atoms. The highest BCUT2D eigenvalue weighted by molar-refractivity contribution is 5.95. The fraction of sp³-hybridized carbons (Fsp3) is 0.778. The van der Waals surface area contributed by atoms with Crippen molar-refractivity contribution in [1.29, 1.82) is 0 Å². The zero-order valence-corrected chi connectivity index (χ0v) is 12.6. The van der Waals surface area contributed by atoms with E-state index in [9.17, 15) is 14.0 Å². The van der Waals surface area contributed by atoms with Crippen molar-refractivity contribution in [1.82, 2.24) is 0 Å². The summed E-state index contributed by atoms with van der Waals surface area (Å²) in [4.78, 5) is 23.9. The van der Waals surface area contributed by atoms with Gasteiger partial charge in [-0.05, 0) is 68.3 Å². The van der Waals surface area contributed by atoms with Crippen LogP contribution >= 0.6 is 0 Å². The number of carbonyl (C=O) groups is 2. The summed E-state index contributed by atoms with van der Waals surface area (Å²) in [6.45, 7) is 2.16. The van der Waals surface area contributed by atoms with Crippen LogP contribution in [0.1, 0.15) is 51.9 Å². The molecule has 3 heteroatoms. The molecule has 114 valence electrons. The van der Waals surface area contributed by atoms with E-state index in [0.29, 0.717) is 30.0 Å². The number of alkyl halides is 1. The maximum atomic E-state index is 13.9. The first kappa shape index (κ1) is 13.7. The minimum atomic E-state index is -1.30. The number of Topliss-reactive ketones (excluding diaryl/α,β-unsaturated/α-hetero) is 1. The Hall–Kier alpha value is -0.990. The lowest BCUT2D eigenvalue weighted by atomic mass is 9.52. The third-order valence-corrected chi connectivity index (χ3v) is 7.06. The largest absolute Gasteiger partial charge is 0.299 e. The topological polar surface area (TPSA) is 34.1 Å². The molecule has 0 amide bonds. The molecule has 4 rings (SSSR count). The SMILES string of the molecule is C[C@]12CC[C@H]3[C@@H](CCC4=CC(=O)[C@@H](F)C[C@@H]43)[C@@H]1CCC2=O. The standard InChI is InChI=1S/C18H23FO2/c1-18-7-6-11-12(14(18)4-5-17(18)21)3-2-10-8-16(20)15(19)9-13(10)11/h8,11-15H,2-7,9H2,1H3/t11-,12+,13-,14-,15-,18-/m0/s1. The second-order valence-electron chi connectivity index (χ2n) is 7.82. The van der Waals surface area contributed by atoms with Gasteiger partial charge in [0.1, 0.15) is 5.78 Å². The summed E-state index contributed by atoms with van der Waals surface area (Å²) >= 11 is 0. The lowest BCUT2D eigenvalue weighted by molar-refractivity contribution is -0.131. The number of halogens is 1. The maximum absolute atomic E-state index is 13.9. The van der Waals surface area contributed by atoms with Crippen LogP contribution in [-0.2, 0) is 9.59 Å². The van der Waals surface area contributed by atoms with Gasteiger partial charge in [-0.1, -0.05) is 12.5 Å². The number of fused-ring (bicyclic) bond motifs is 5. The number of hydrogen-bond acceptors (Lipinski definition) is 2. The predicted octanol–water partition coefficient (Wildman–Crippen LogP) is 3.65. The second-order valence-corrected chi connectivity index (χ2v) is 7.82. The van der Waals surface area contributed by atoms with Crippen LogP contribution in [0, 0.1) is 29.1 Å². The monoisotopic (exact) mass is 290 g/mol. The third-order valence-electron chi connectivity index (χ3n) is 7.06. The summed E-state index contributed by atoms with van der Waals surface area (Å²) in [6.07, 6.45) is 6.49. The summed E-state index contributed by atoms with van der Waals surface area (Å²) < 4.78 is 13.9. The summed E-state index contributed by atoms with van der Waals surface area (Å²) in [5.74, 6) is 1.96. The van der Waals surface area contributed by atoms with E-state index in [1.165, 1.54) is 5.57 Å². The van der Waals surface area contributed by atoms with Crippen LogP contribution in [0.2, 0.25) is 0 Å². The van der Waals surface area contributed by atoms with Crippen LogP contribution in [0.4, 0.5) is 4.39 Å². The Morgan fingerprint density at radius 2 is 1.95 bits per heavy atom. The Balaban J connectivity index is 1.65. The molecule has 0 radical (unpaired) electrons. The lowest BCUT2D eigenvalue weighted by Crippen LogP contribution is -2.47. The van der Waals surface area contributed by atoms with Gasteiger partial charge in [-0.25, -0.2) is 4.39 Å². The number of carbonyl (C=O) groups excluding carboxylic acids is 2. The Morgan fingerprint density at radius 3 is 2.76 bits per heavy atom. The average molecular weight is 290 g/mol. The molecule has 0 bridgehead atoms. The number of allylic oxidation sites excluding steroid dienone is 1. The smallest absolute Gasteiger partial charge is 0.189 e. The van der Waals surface area contributed by atoms with Gasteiger partial charge in [0.05, 0.1) is 0 Å². The van der Waals surface area contributed by atoms with E-state index < -0.39 is 6.17 Å². The predicted molar refractivity (Wildman–Crippen MR) is 77.4 cm³/mol. The van der Waals surface area contributed by atoms with E-state index in [-0.39, 0.29) is 17.1 Å². The normalized spacial score (nSPS) is 49.2. The molecule has 6 atom stereocenters. The molecule has 2 nitrogen and oxygen atoms in total. The minimum Gasteiger partial charge on any atom is -0.299 e. The van der Waals surface area contributed by atoms with Crippen LogP contribution in [0.25, 0.3) is 0 Å². The van der Waals surface area contributed by atoms with Crippen molar-refractivity contribution in [2.24, 2.45) is 29.1 Å². The minimum absolute atomic E-state index is 0.109. The van der Waals surface area contributed by atoms with E-state index >= 15 is 0 Å². The van der Waals surface area contributed by atoms with Gasteiger partial charge in [0.2, 0.25) is 0 Å². The molecular formula is C18H23FO2. The maximum Gasteiger partial charge on any atom is 0.189 e. The van der Waals surface area contributed by atoms with E-state index in [4.69, 9.17) is 0 Å². The Morgan fingerprint density at radius 1 is 1.14 bits per heavy atom. The van der Waals surface area contributed by atoms with E-state index in [0.717, 1.165) is 38.5 Å². The number of hydrogen-bond donors (Lipinski definition) is 0. The molecule has 4 aliphatic carbocycles. The molecule has 0 aromatic heterocycles. The molecule has 3 fully saturated rings. The quantitative estimate of drug-likeness (QED) is 0.682. The van der Waals surface area contributed by atoms with Crippen molar-refractivity contribution in [2.75, 3.05) is 0 Å². The van der Waals surface area contributed by atoms with Crippen molar-refractivity contribution in [3.8, 4) is 0 Å². The molecule has 21 heavy (non-hydrogen) atoms. The average Bonchev–Trinajstić information content (AvgIpc) is 2.76. The molecule has 0 aromatic rings. The first-order chi connectivity index (χ1) is 10.0. The van der Waals surface area contributed by atoms with Crippen molar-refractivity contribution < 1.29 is 14.0 Å². The summed E-state index contributed by atoms with van der Waals surface area (Å²) in [6, 6.07) is 0. The fourth-order valence-electron chi connectivity index (χ4n) is 5.91. The van der Waals surface area contributed by atoms with Crippen LogP contribution in [0.3, 0.4) is 0 Å². The van der Waals surface area contributed by atoms with Crippen molar-refractivity contribution in [3.63, 3.8) is 0 Å². The van der Waals surface area contributed by atoms with E-state index in [1.807, 2.05) is 0 Å². The highest BCUT2D eigenvalue weighted by atomic mass is 19.1. The van der Waals surface area contributed by atoms with Gasteiger partial charge >= 0.3 is 0 Å². The summed E-state index contributed by atoms with van der Waals surface area (Å²) in [5.41, 5.74) is 1.09. The van der Waals surface area contributed by atoms with E-state index in [2.05, 4.69) is 6.92 Å². The second kappa shape index (κ2) is 4.50. The number of ketones is 2. The molecule has 0 unspecified atom stereocenters. The Bertz CT molecular complexity index is 537. The molecule has 0 heterocycles. The molecule has 0 aromatic carbocycles. The first-order valence-corrected chi connectivity index (χ1v) is 8.42. The highest BCUT2D eigenvalue weighted by Crippen LogP contribution is 2.60. The summed E-state index contributed by atoms with van der Waals surface area (Å²) in [5, 5.41) is 0.